The number of amides is 1. The van der Waals surface area contributed by atoms with Gasteiger partial charge >= 0.3 is 6.18 Å². The maximum atomic E-state index is 14.0. The van der Waals surface area contributed by atoms with Gasteiger partial charge in [-0.15, -0.1) is 0 Å². The summed E-state index contributed by atoms with van der Waals surface area (Å²) in [5, 5.41) is 13.1. The van der Waals surface area contributed by atoms with Crippen LogP contribution in [0.5, 0.6) is 5.88 Å². The summed E-state index contributed by atoms with van der Waals surface area (Å²) in [5.41, 5.74) is -3.35. The Morgan fingerprint density at radius 2 is 1.87 bits per heavy atom. The summed E-state index contributed by atoms with van der Waals surface area (Å²) in [6.07, 6.45) is -4.34. The highest BCUT2D eigenvalue weighted by molar-refractivity contribution is 6.29. The minimum atomic E-state index is -4.57. The molecule has 1 amide bonds. The number of halogens is 6. The molecule has 0 saturated heterocycles. The second-order valence-electron chi connectivity index (χ2n) is 7.60. The molecular weight excluding hydrogens is 447 g/mol. The SMILES string of the molecule is C[C@](O)(CC(=O)NC1(c2cc(Cl)nc(OCC(F)(F)F)c2)CC1)c1c(F)cccc1F. The van der Waals surface area contributed by atoms with Crippen molar-refractivity contribution in [3.63, 3.8) is 0 Å². The fraction of sp³-hybridized carbons (Fsp3) is 0.400. The zero-order valence-electron chi connectivity index (χ0n) is 16.2. The van der Waals surface area contributed by atoms with Crippen molar-refractivity contribution < 1.29 is 36.6 Å². The van der Waals surface area contributed by atoms with Crippen LogP contribution in [-0.2, 0) is 15.9 Å². The minimum Gasteiger partial charge on any atom is -0.468 e. The number of carbonyl (C=O) groups is 1. The third kappa shape index (κ3) is 5.62. The molecule has 0 bridgehead atoms. The summed E-state index contributed by atoms with van der Waals surface area (Å²) >= 11 is 5.88. The Hall–Kier alpha value is -2.46. The van der Waals surface area contributed by atoms with Gasteiger partial charge in [-0.05, 0) is 43.5 Å². The first-order chi connectivity index (χ1) is 14.3. The van der Waals surface area contributed by atoms with E-state index in [4.69, 9.17) is 11.6 Å². The first-order valence-corrected chi connectivity index (χ1v) is 9.55. The summed E-state index contributed by atoms with van der Waals surface area (Å²) in [7, 11) is 0. The molecular formula is C20H18ClF5N2O3. The third-order valence-corrected chi connectivity index (χ3v) is 5.04. The Morgan fingerprint density at radius 3 is 2.42 bits per heavy atom. The molecule has 0 unspecified atom stereocenters. The molecule has 1 saturated carbocycles. The van der Waals surface area contributed by atoms with Gasteiger partial charge in [-0.1, -0.05) is 17.7 Å². The Morgan fingerprint density at radius 1 is 1.26 bits per heavy atom. The van der Waals surface area contributed by atoms with E-state index in [0.29, 0.717) is 18.4 Å². The molecule has 11 heteroatoms. The zero-order chi connectivity index (χ0) is 23.0. The Kier molecular flexibility index (Phi) is 6.16. The van der Waals surface area contributed by atoms with E-state index in [2.05, 4.69) is 15.0 Å². The molecule has 1 aromatic heterocycles. The van der Waals surface area contributed by atoms with E-state index in [9.17, 15) is 31.9 Å². The number of benzene rings is 1. The second kappa shape index (κ2) is 8.23. The Bertz CT molecular complexity index is 973. The van der Waals surface area contributed by atoms with Crippen LogP contribution in [0.1, 0.15) is 37.3 Å². The second-order valence-corrected chi connectivity index (χ2v) is 7.99. The molecule has 3 rings (SSSR count). The van der Waals surface area contributed by atoms with E-state index < -0.39 is 53.4 Å². The van der Waals surface area contributed by atoms with E-state index in [1.807, 2.05) is 0 Å². The molecule has 5 nitrogen and oxygen atoms in total. The molecule has 1 atom stereocenters. The number of pyridine rings is 1. The predicted octanol–water partition coefficient (Wildman–Crippen LogP) is 4.36. The van der Waals surface area contributed by atoms with Gasteiger partial charge < -0.3 is 15.2 Å². The van der Waals surface area contributed by atoms with Gasteiger partial charge in [0.25, 0.3) is 0 Å². The van der Waals surface area contributed by atoms with Crippen molar-refractivity contribution in [1.29, 1.82) is 0 Å². The molecule has 0 aliphatic heterocycles. The van der Waals surface area contributed by atoms with E-state index in [1.54, 1.807) is 0 Å². The van der Waals surface area contributed by atoms with Gasteiger partial charge in [-0.3, -0.25) is 4.79 Å². The van der Waals surface area contributed by atoms with Crippen molar-refractivity contribution in [2.24, 2.45) is 0 Å². The van der Waals surface area contributed by atoms with Gasteiger partial charge in [-0.2, -0.15) is 13.2 Å². The smallest absolute Gasteiger partial charge is 0.422 e. The van der Waals surface area contributed by atoms with Crippen LogP contribution in [0.2, 0.25) is 5.15 Å². The topological polar surface area (TPSA) is 71.5 Å². The fourth-order valence-electron chi connectivity index (χ4n) is 3.31. The molecule has 168 valence electrons. The van der Waals surface area contributed by atoms with E-state index >= 15 is 0 Å². The molecule has 2 N–H and O–H groups in total. The van der Waals surface area contributed by atoms with Gasteiger partial charge in [0, 0.05) is 6.07 Å². The lowest BCUT2D eigenvalue weighted by atomic mass is 9.90. The molecule has 1 heterocycles. The lowest BCUT2D eigenvalue weighted by Gasteiger charge is -2.26. The summed E-state index contributed by atoms with van der Waals surface area (Å²) in [4.78, 5) is 16.2. The van der Waals surface area contributed by atoms with Crippen LogP contribution in [0.25, 0.3) is 0 Å². The summed E-state index contributed by atoms with van der Waals surface area (Å²) in [5.74, 6) is -3.06. The number of hydrogen-bond acceptors (Lipinski definition) is 4. The number of hydrogen-bond donors (Lipinski definition) is 2. The normalized spacial score (nSPS) is 17.0. The number of ether oxygens (including phenoxy) is 1. The number of aromatic nitrogens is 1. The van der Waals surface area contributed by atoms with Crippen molar-refractivity contribution >= 4 is 17.5 Å². The van der Waals surface area contributed by atoms with Crippen molar-refractivity contribution in [3.8, 4) is 5.88 Å². The van der Waals surface area contributed by atoms with Gasteiger partial charge in [0.2, 0.25) is 11.8 Å². The van der Waals surface area contributed by atoms with Crippen molar-refractivity contribution in [2.75, 3.05) is 6.61 Å². The van der Waals surface area contributed by atoms with Gasteiger partial charge in [0.05, 0.1) is 17.5 Å². The number of alkyl halides is 3. The fourth-order valence-corrected chi connectivity index (χ4v) is 3.51. The van der Waals surface area contributed by atoms with Crippen LogP contribution in [0, 0.1) is 11.6 Å². The van der Waals surface area contributed by atoms with Crippen LogP contribution in [0.15, 0.2) is 30.3 Å². The van der Waals surface area contributed by atoms with Crippen molar-refractivity contribution in [2.45, 2.75) is 43.5 Å². The largest absolute Gasteiger partial charge is 0.468 e. The summed E-state index contributed by atoms with van der Waals surface area (Å²) in [6, 6.07) is 5.68. The van der Waals surface area contributed by atoms with Crippen LogP contribution < -0.4 is 10.1 Å². The number of nitrogens with zero attached hydrogens (tertiary/aromatic N) is 1. The van der Waals surface area contributed by atoms with Crippen molar-refractivity contribution in [3.05, 3.63) is 58.2 Å². The van der Waals surface area contributed by atoms with E-state index in [-0.39, 0.29) is 11.0 Å². The quantitative estimate of drug-likeness (QED) is 0.472. The van der Waals surface area contributed by atoms with Crippen molar-refractivity contribution in [1.82, 2.24) is 10.3 Å². The molecule has 1 aliphatic rings. The molecule has 0 radical (unpaired) electrons. The van der Waals surface area contributed by atoms with Crippen LogP contribution in [-0.4, -0.2) is 28.8 Å². The maximum Gasteiger partial charge on any atom is 0.422 e. The first-order valence-electron chi connectivity index (χ1n) is 9.17. The standard InChI is InChI=1S/C20H18ClF5N2O3/c1-18(30,17-12(22)3-2-4-13(17)23)9-15(29)28-19(5-6-19)11-7-14(21)27-16(8-11)31-10-20(24,25)26/h2-4,7-8,30H,5-6,9-10H2,1H3,(H,28,29)/t18-/m0/s1. The molecule has 31 heavy (non-hydrogen) atoms. The average Bonchev–Trinajstić information content (AvgIpc) is 3.38. The summed E-state index contributed by atoms with van der Waals surface area (Å²) in [6.45, 7) is -0.448. The molecule has 0 spiro atoms. The van der Waals surface area contributed by atoms with Gasteiger partial charge in [-0.25, -0.2) is 13.8 Å². The number of rotatable bonds is 7. The third-order valence-electron chi connectivity index (χ3n) is 4.84. The Balaban J connectivity index is 1.75. The molecule has 2 aromatic rings. The number of nitrogens with one attached hydrogen (secondary N) is 1. The number of carbonyl (C=O) groups excluding carboxylic acids is 1. The zero-order valence-corrected chi connectivity index (χ0v) is 16.9. The van der Waals surface area contributed by atoms with E-state index in [1.165, 1.54) is 12.1 Å². The monoisotopic (exact) mass is 464 g/mol. The minimum absolute atomic E-state index is 0.129. The average molecular weight is 465 g/mol. The first kappa shape index (κ1) is 23.2. The lowest BCUT2D eigenvalue weighted by Crippen LogP contribution is -2.39. The lowest BCUT2D eigenvalue weighted by molar-refractivity contribution is -0.154. The molecule has 1 aromatic carbocycles. The highest BCUT2D eigenvalue weighted by Crippen LogP contribution is 2.47. The highest BCUT2D eigenvalue weighted by Gasteiger charge is 2.47. The Labute approximate surface area is 179 Å². The summed E-state index contributed by atoms with van der Waals surface area (Å²) < 4.78 is 69.8. The molecule has 1 fully saturated rings. The maximum absolute atomic E-state index is 14.0. The van der Waals surface area contributed by atoms with Crippen LogP contribution in [0.4, 0.5) is 22.0 Å². The van der Waals surface area contributed by atoms with Crippen LogP contribution >= 0.6 is 11.6 Å². The number of aliphatic hydroxyl groups is 1. The molecule has 1 aliphatic carbocycles. The van der Waals surface area contributed by atoms with Gasteiger partial charge in [0.15, 0.2) is 6.61 Å². The van der Waals surface area contributed by atoms with Gasteiger partial charge in [0.1, 0.15) is 22.4 Å². The predicted molar refractivity (Wildman–Crippen MR) is 100 cm³/mol. The highest BCUT2D eigenvalue weighted by atomic mass is 35.5. The van der Waals surface area contributed by atoms with Crippen LogP contribution in [0.3, 0.4) is 0 Å². The van der Waals surface area contributed by atoms with E-state index in [0.717, 1.165) is 25.1 Å².